The number of nitrogens with zero attached hydrogens (tertiary/aromatic N) is 4. The smallest absolute Gasteiger partial charge is 0.230 e. The van der Waals surface area contributed by atoms with Crippen LogP contribution in [0.2, 0.25) is 0 Å². The van der Waals surface area contributed by atoms with E-state index in [9.17, 15) is 0 Å². The van der Waals surface area contributed by atoms with E-state index in [1.165, 1.54) is 19.3 Å². The van der Waals surface area contributed by atoms with Crippen molar-refractivity contribution in [1.29, 1.82) is 0 Å². The fourth-order valence-corrected chi connectivity index (χ4v) is 2.36. The van der Waals surface area contributed by atoms with Gasteiger partial charge < -0.3 is 14.6 Å². The van der Waals surface area contributed by atoms with Crippen LogP contribution in [-0.2, 0) is 0 Å². The minimum atomic E-state index is 0.624. The summed E-state index contributed by atoms with van der Waals surface area (Å²) in [6.45, 7) is 4.84. The Morgan fingerprint density at radius 1 is 1.20 bits per heavy atom. The average molecular weight is 273 g/mol. The molecule has 0 aliphatic carbocycles. The van der Waals surface area contributed by atoms with Crippen LogP contribution in [0.4, 0.5) is 11.9 Å². The molecule has 0 bridgehead atoms. The van der Waals surface area contributed by atoms with E-state index in [1.807, 2.05) is 13.0 Å². The number of piperidine rings is 1. The molecule has 0 spiro atoms. The summed E-state index contributed by atoms with van der Waals surface area (Å²) in [7, 11) is 0. The van der Waals surface area contributed by atoms with Crippen molar-refractivity contribution in [3.8, 4) is 11.4 Å². The van der Waals surface area contributed by atoms with Crippen LogP contribution in [-0.4, -0.2) is 34.6 Å². The second kappa shape index (κ2) is 5.90. The SMILES string of the molecule is CCNc1nc(-c2ccoc2)nc(N2CCCCC2)n1. The number of furan rings is 1. The molecule has 0 amide bonds. The van der Waals surface area contributed by atoms with Gasteiger partial charge in [0.15, 0.2) is 5.82 Å². The quantitative estimate of drug-likeness (QED) is 0.923. The Balaban J connectivity index is 1.95. The van der Waals surface area contributed by atoms with Crippen molar-refractivity contribution >= 4 is 11.9 Å². The first-order chi connectivity index (χ1) is 9.86. The molecule has 2 aromatic rings. The van der Waals surface area contributed by atoms with Crippen molar-refractivity contribution in [3.05, 3.63) is 18.6 Å². The summed E-state index contributed by atoms with van der Waals surface area (Å²) in [6, 6.07) is 1.87. The van der Waals surface area contributed by atoms with Gasteiger partial charge in [-0.2, -0.15) is 15.0 Å². The van der Waals surface area contributed by atoms with Crippen molar-refractivity contribution in [2.75, 3.05) is 29.9 Å². The molecule has 3 rings (SSSR count). The van der Waals surface area contributed by atoms with Crippen LogP contribution in [0.1, 0.15) is 26.2 Å². The van der Waals surface area contributed by atoms with Crippen LogP contribution in [0.3, 0.4) is 0 Å². The summed E-state index contributed by atoms with van der Waals surface area (Å²) >= 11 is 0. The normalized spacial score (nSPS) is 15.3. The molecule has 1 aliphatic heterocycles. The van der Waals surface area contributed by atoms with Gasteiger partial charge in [0, 0.05) is 19.6 Å². The molecule has 3 heterocycles. The van der Waals surface area contributed by atoms with Gasteiger partial charge in [-0.05, 0) is 32.3 Å². The van der Waals surface area contributed by atoms with Crippen molar-refractivity contribution in [3.63, 3.8) is 0 Å². The molecule has 6 heteroatoms. The van der Waals surface area contributed by atoms with E-state index in [4.69, 9.17) is 4.42 Å². The van der Waals surface area contributed by atoms with Gasteiger partial charge in [0.25, 0.3) is 0 Å². The molecule has 0 saturated carbocycles. The van der Waals surface area contributed by atoms with Crippen LogP contribution >= 0.6 is 0 Å². The van der Waals surface area contributed by atoms with Gasteiger partial charge in [0.2, 0.25) is 11.9 Å². The second-order valence-electron chi connectivity index (χ2n) is 4.87. The van der Waals surface area contributed by atoms with E-state index in [-0.39, 0.29) is 0 Å². The average Bonchev–Trinajstić information content (AvgIpc) is 3.02. The molecule has 0 atom stereocenters. The van der Waals surface area contributed by atoms with Crippen LogP contribution in [0.15, 0.2) is 23.0 Å². The van der Waals surface area contributed by atoms with Gasteiger partial charge in [0.1, 0.15) is 6.26 Å². The van der Waals surface area contributed by atoms with Gasteiger partial charge >= 0.3 is 0 Å². The third-order valence-corrected chi connectivity index (χ3v) is 3.38. The Labute approximate surface area is 118 Å². The molecule has 1 aliphatic rings. The van der Waals surface area contributed by atoms with Gasteiger partial charge in [-0.3, -0.25) is 0 Å². The monoisotopic (exact) mass is 273 g/mol. The first-order valence-electron chi connectivity index (χ1n) is 7.14. The number of aromatic nitrogens is 3. The third-order valence-electron chi connectivity index (χ3n) is 3.38. The van der Waals surface area contributed by atoms with Crippen molar-refractivity contribution in [2.24, 2.45) is 0 Å². The predicted molar refractivity (Wildman–Crippen MR) is 77.8 cm³/mol. The molecular formula is C14H19N5O. The molecular weight excluding hydrogens is 254 g/mol. The number of hydrogen-bond acceptors (Lipinski definition) is 6. The molecule has 1 saturated heterocycles. The first kappa shape index (κ1) is 12.9. The summed E-state index contributed by atoms with van der Waals surface area (Å²) in [5.41, 5.74) is 0.879. The minimum absolute atomic E-state index is 0.624. The lowest BCUT2D eigenvalue weighted by atomic mass is 10.1. The molecule has 20 heavy (non-hydrogen) atoms. The largest absolute Gasteiger partial charge is 0.472 e. The lowest BCUT2D eigenvalue weighted by molar-refractivity contribution is 0.566. The van der Waals surface area contributed by atoms with Crippen molar-refractivity contribution in [2.45, 2.75) is 26.2 Å². The lowest BCUT2D eigenvalue weighted by Crippen LogP contribution is -2.31. The van der Waals surface area contributed by atoms with Crippen molar-refractivity contribution < 1.29 is 4.42 Å². The van der Waals surface area contributed by atoms with Gasteiger partial charge in [-0.15, -0.1) is 0 Å². The fraction of sp³-hybridized carbons (Fsp3) is 0.500. The Morgan fingerprint density at radius 2 is 2.05 bits per heavy atom. The van der Waals surface area contributed by atoms with Gasteiger partial charge in [-0.1, -0.05) is 0 Å². The summed E-state index contributed by atoms with van der Waals surface area (Å²) in [6.07, 6.45) is 6.97. The fourth-order valence-electron chi connectivity index (χ4n) is 2.36. The molecule has 0 radical (unpaired) electrons. The highest BCUT2D eigenvalue weighted by Crippen LogP contribution is 2.22. The molecule has 0 aromatic carbocycles. The zero-order valence-corrected chi connectivity index (χ0v) is 11.7. The second-order valence-corrected chi connectivity index (χ2v) is 4.87. The predicted octanol–water partition coefficient (Wildman–Crippen LogP) is 2.55. The maximum Gasteiger partial charge on any atom is 0.230 e. The maximum absolute atomic E-state index is 5.12. The van der Waals surface area contributed by atoms with E-state index in [0.29, 0.717) is 11.8 Å². The third kappa shape index (κ3) is 2.74. The summed E-state index contributed by atoms with van der Waals surface area (Å²) < 4.78 is 5.12. The number of rotatable bonds is 4. The Bertz CT molecular complexity index is 549. The highest BCUT2D eigenvalue weighted by Gasteiger charge is 2.17. The number of hydrogen-bond donors (Lipinski definition) is 1. The molecule has 6 nitrogen and oxygen atoms in total. The van der Waals surface area contributed by atoms with E-state index >= 15 is 0 Å². The van der Waals surface area contributed by atoms with E-state index in [2.05, 4.69) is 25.2 Å². The zero-order valence-electron chi connectivity index (χ0n) is 11.7. The minimum Gasteiger partial charge on any atom is -0.472 e. The topological polar surface area (TPSA) is 67.1 Å². The number of nitrogens with one attached hydrogen (secondary N) is 1. The molecule has 0 unspecified atom stereocenters. The summed E-state index contributed by atoms with van der Waals surface area (Å²) in [4.78, 5) is 15.8. The van der Waals surface area contributed by atoms with Gasteiger partial charge in [0.05, 0.1) is 11.8 Å². The molecule has 106 valence electrons. The van der Waals surface area contributed by atoms with Crippen LogP contribution in [0.5, 0.6) is 0 Å². The first-order valence-corrected chi connectivity index (χ1v) is 7.14. The standard InChI is InChI=1S/C14H19N5O/c1-2-15-13-16-12(11-6-9-20-10-11)17-14(18-13)19-7-4-3-5-8-19/h6,9-10H,2-5,7-8H2,1H3,(H,15,16,17,18). The molecule has 1 N–H and O–H groups in total. The number of anilines is 2. The summed E-state index contributed by atoms with van der Waals surface area (Å²) in [5, 5.41) is 3.17. The Kier molecular flexibility index (Phi) is 3.80. The zero-order chi connectivity index (χ0) is 13.8. The van der Waals surface area contributed by atoms with E-state index in [0.717, 1.165) is 31.1 Å². The highest BCUT2D eigenvalue weighted by molar-refractivity contribution is 5.56. The van der Waals surface area contributed by atoms with E-state index in [1.54, 1.807) is 12.5 Å². The van der Waals surface area contributed by atoms with Gasteiger partial charge in [-0.25, -0.2) is 0 Å². The molecule has 1 fully saturated rings. The van der Waals surface area contributed by atoms with Crippen LogP contribution in [0, 0.1) is 0 Å². The summed E-state index contributed by atoms with van der Waals surface area (Å²) in [5.74, 6) is 2.04. The Morgan fingerprint density at radius 3 is 2.75 bits per heavy atom. The van der Waals surface area contributed by atoms with Crippen LogP contribution in [0.25, 0.3) is 11.4 Å². The molecule has 2 aromatic heterocycles. The van der Waals surface area contributed by atoms with Crippen LogP contribution < -0.4 is 10.2 Å². The van der Waals surface area contributed by atoms with E-state index < -0.39 is 0 Å². The lowest BCUT2D eigenvalue weighted by Gasteiger charge is -2.26. The Hall–Kier alpha value is -2.11. The highest BCUT2D eigenvalue weighted by atomic mass is 16.3. The van der Waals surface area contributed by atoms with Crippen molar-refractivity contribution in [1.82, 2.24) is 15.0 Å². The maximum atomic E-state index is 5.12.